The van der Waals surface area contributed by atoms with Crippen molar-refractivity contribution in [3.63, 3.8) is 0 Å². The maximum atomic E-state index is 9.45. The summed E-state index contributed by atoms with van der Waals surface area (Å²) >= 11 is 1.87. The van der Waals surface area contributed by atoms with E-state index < -0.39 is 0 Å². The topological polar surface area (TPSA) is 45.1 Å². The fourth-order valence-corrected chi connectivity index (χ4v) is 3.49. The Morgan fingerprint density at radius 1 is 1.24 bits per heavy atom. The van der Waals surface area contributed by atoms with Crippen molar-refractivity contribution < 1.29 is 5.11 Å². The first kappa shape index (κ1) is 11.6. The largest absolute Gasteiger partial charge is 0.393 e. The van der Waals surface area contributed by atoms with Crippen LogP contribution in [0.25, 0.3) is 0 Å². The van der Waals surface area contributed by atoms with Gasteiger partial charge < -0.3 is 10.4 Å². The molecule has 0 unspecified atom stereocenters. The first-order valence-corrected chi connectivity index (χ1v) is 7.49. The summed E-state index contributed by atoms with van der Waals surface area (Å²) in [6.45, 7) is 0.950. The molecule has 0 radical (unpaired) electrons. The molecule has 17 heavy (non-hydrogen) atoms. The van der Waals surface area contributed by atoms with E-state index in [1.54, 1.807) is 0 Å². The molecule has 3 rings (SSSR count). The van der Waals surface area contributed by atoms with Crippen molar-refractivity contribution in [3.8, 4) is 0 Å². The fraction of sp³-hybridized carbons (Fsp3) is 0.769. The van der Waals surface area contributed by atoms with Crippen LogP contribution in [0.15, 0.2) is 6.20 Å². The third kappa shape index (κ3) is 3.06. The highest BCUT2D eigenvalue weighted by Gasteiger charge is 2.26. The zero-order valence-corrected chi connectivity index (χ0v) is 10.9. The molecule has 0 atom stereocenters. The van der Waals surface area contributed by atoms with E-state index in [0.29, 0.717) is 6.04 Å². The maximum absolute atomic E-state index is 9.45. The molecule has 2 N–H and O–H groups in total. The van der Waals surface area contributed by atoms with Crippen molar-refractivity contribution in [1.82, 2.24) is 10.3 Å². The first-order chi connectivity index (χ1) is 8.31. The number of hydrogen-bond donors (Lipinski definition) is 2. The summed E-state index contributed by atoms with van der Waals surface area (Å²) in [6, 6.07) is 0.588. The normalized spacial score (nSPS) is 29.5. The Kier molecular flexibility index (Phi) is 3.45. The van der Waals surface area contributed by atoms with Crippen molar-refractivity contribution in [2.45, 2.75) is 63.1 Å². The average molecular weight is 252 g/mol. The Balaban J connectivity index is 1.46. The number of aliphatic hydroxyl groups is 1. The lowest BCUT2D eigenvalue weighted by atomic mass is 9.93. The fourth-order valence-electron chi connectivity index (χ4n) is 2.45. The van der Waals surface area contributed by atoms with Crippen LogP contribution in [0.2, 0.25) is 0 Å². The molecule has 4 heteroatoms. The SMILES string of the molecule is OC1CCC(NCc2cnc(C3CC3)s2)CC1. The van der Waals surface area contributed by atoms with Crippen molar-refractivity contribution in [2.24, 2.45) is 0 Å². The van der Waals surface area contributed by atoms with Crippen molar-refractivity contribution in [3.05, 3.63) is 16.1 Å². The van der Waals surface area contributed by atoms with Gasteiger partial charge in [-0.25, -0.2) is 4.98 Å². The molecule has 0 amide bonds. The molecule has 0 saturated heterocycles. The Morgan fingerprint density at radius 2 is 2.00 bits per heavy atom. The molecule has 0 bridgehead atoms. The molecule has 2 aliphatic carbocycles. The smallest absolute Gasteiger partial charge is 0.0959 e. The Labute approximate surface area is 106 Å². The zero-order chi connectivity index (χ0) is 11.7. The van der Waals surface area contributed by atoms with Crippen LogP contribution in [0.4, 0.5) is 0 Å². The summed E-state index contributed by atoms with van der Waals surface area (Å²) in [5.41, 5.74) is 0. The van der Waals surface area contributed by atoms with Gasteiger partial charge in [-0.3, -0.25) is 0 Å². The van der Waals surface area contributed by atoms with Gasteiger partial charge >= 0.3 is 0 Å². The van der Waals surface area contributed by atoms with Crippen LogP contribution in [-0.2, 0) is 6.54 Å². The van der Waals surface area contributed by atoms with E-state index in [1.165, 1.54) is 22.7 Å². The number of aromatic nitrogens is 1. The molecular formula is C13H20N2OS. The lowest BCUT2D eigenvalue weighted by Crippen LogP contribution is -2.33. The number of thiazole rings is 1. The van der Waals surface area contributed by atoms with Crippen LogP contribution in [0.3, 0.4) is 0 Å². The van der Waals surface area contributed by atoms with E-state index in [2.05, 4.69) is 10.3 Å². The number of hydrogen-bond acceptors (Lipinski definition) is 4. The van der Waals surface area contributed by atoms with E-state index in [1.807, 2.05) is 17.5 Å². The minimum Gasteiger partial charge on any atom is -0.393 e. The van der Waals surface area contributed by atoms with Crippen molar-refractivity contribution >= 4 is 11.3 Å². The quantitative estimate of drug-likeness (QED) is 0.865. The van der Waals surface area contributed by atoms with Gasteiger partial charge in [-0.1, -0.05) is 0 Å². The van der Waals surface area contributed by atoms with Crippen molar-refractivity contribution in [2.75, 3.05) is 0 Å². The van der Waals surface area contributed by atoms with Gasteiger partial charge in [0.05, 0.1) is 11.1 Å². The first-order valence-electron chi connectivity index (χ1n) is 6.67. The number of aliphatic hydroxyl groups excluding tert-OH is 1. The average Bonchev–Trinajstić information content (AvgIpc) is 3.09. The van der Waals surface area contributed by atoms with Gasteiger partial charge in [0.1, 0.15) is 0 Å². The molecule has 1 aromatic rings. The van der Waals surface area contributed by atoms with Gasteiger partial charge in [0.2, 0.25) is 0 Å². The Morgan fingerprint density at radius 3 is 2.71 bits per heavy atom. The monoisotopic (exact) mass is 252 g/mol. The highest BCUT2D eigenvalue weighted by atomic mass is 32.1. The summed E-state index contributed by atoms with van der Waals surface area (Å²) in [5, 5.41) is 14.4. The molecule has 1 heterocycles. The standard InChI is InChI=1S/C13H20N2OS/c16-11-5-3-10(4-6-11)14-7-12-8-15-13(17-12)9-1-2-9/h8-11,14,16H,1-7H2. The van der Waals surface area contributed by atoms with E-state index >= 15 is 0 Å². The van der Waals surface area contributed by atoms with E-state index in [-0.39, 0.29) is 6.10 Å². The van der Waals surface area contributed by atoms with Gasteiger partial charge in [0, 0.05) is 29.6 Å². The van der Waals surface area contributed by atoms with E-state index in [0.717, 1.165) is 38.1 Å². The predicted molar refractivity (Wildman–Crippen MR) is 69.2 cm³/mol. The molecule has 0 spiro atoms. The van der Waals surface area contributed by atoms with Crippen LogP contribution in [0.1, 0.15) is 54.3 Å². The molecule has 0 aliphatic heterocycles. The van der Waals surface area contributed by atoms with Gasteiger partial charge in [-0.2, -0.15) is 0 Å². The van der Waals surface area contributed by atoms with Crippen LogP contribution in [0, 0.1) is 0 Å². The van der Waals surface area contributed by atoms with Gasteiger partial charge in [0.25, 0.3) is 0 Å². The summed E-state index contributed by atoms with van der Waals surface area (Å²) in [5.74, 6) is 0.776. The van der Waals surface area contributed by atoms with Crippen LogP contribution < -0.4 is 5.32 Å². The molecule has 1 aromatic heterocycles. The molecule has 2 fully saturated rings. The second-order valence-corrected chi connectivity index (χ2v) is 6.47. The Hall–Kier alpha value is -0.450. The maximum Gasteiger partial charge on any atom is 0.0959 e. The molecule has 94 valence electrons. The van der Waals surface area contributed by atoms with Gasteiger partial charge in [0.15, 0.2) is 0 Å². The second-order valence-electron chi connectivity index (χ2n) is 5.33. The minimum absolute atomic E-state index is 0.0575. The lowest BCUT2D eigenvalue weighted by Gasteiger charge is -2.26. The van der Waals surface area contributed by atoms with Crippen LogP contribution in [-0.4, -0.2) is 22.2 Å². The third-order valence-electron chi connectivity index (χ3n) is 3.76. The molecule has 0 aromatic carbocycles. The summed E-state index contributed by atoms with van der Waals surface area (Å²) in [6.07, 6.45) is 8.76. The van der Waals surface area contributed by atoms with Gasteiger partial charge in [-0.15, -0.1) is 11.3 Å². The molecule has 2 saturated carbocycles. The number of nitrogens with zero attached hydrogens (tertiary/aromatic N) is 1. The molecule has 3 nitrogen and oxygen atoms in total. The number of nitrogens with one attached hydrogen (secondary N) is 1. The predicted octanol–water partition coefficient (Wildman–Crippen LogP) is 2.41. The summed E-state index contributed by atoms with van der Waals surface area (Å²) < 4.78 is 0. The molecule has 2 aliphatic rings. The third-order valence-corrected chi connectivity index (χ3v) is 4.92. The summed E-state index contributed by atoms with van der Waals surface area (Å²) in [4.78, 5) is 5.85. The Bertz CT molecular complexity index is 367. The second kappa shape index (κ2) is 5.04. The zero-order valence-electron chi connectivity index (χ0n) is 10.1. The van der Waals surface area contributed by atoms with Crippen LogP contribution in [0.5, 0.6) is 0 Å². The molecular weight excluding hydrogens is 232 g/mol. The number of rotatable bonds is 4. The highest BCUT2D eigenvalue weighted by molar-refractivity contribution is 7.11. The van der Waals surface area contributed by atoms with E-state index in [9.17, 15) is 5.11 Å². The minimum atomic E-state index is -0.0575. The summed E-state index contributed by atoms with van der Waals surface area (Å²) in [7, 11) is 0. The highest BCUT2D eigenvalue weighted by Crippen LogP contribution is 2.41. The van der Waals surface area contributed by atoms with Crippen molar-refractivity contribution in [1.29, 1.82) is 0 Å². The lowest BCUT2D eigenvalue weighted by molar-refractivity contribution is 0.116. The van der Waals surface area contributed by atoms with E-state index in [4.69, 9.17) is 0 Å². The van der Waals surface area contributed by atoms with Crippen LogP contribution >= 0.6 is 11.3 Å². The van der Waals surface area contributed by atoms with Gasteiger partial charge in [-0.05, 0) is 38.5 Å².